The minimum absolute atomic E-state index is 0.0462. The molecule has 1 aliphatic heterocycles. The molecule has 1 saturated heterocycles. The van der Waals surface area contributed by atoms with E-state index < -0.39 is 23.7 Å². The number of fused-ring (bicyclic) bond motifs is 1. The first kappa shape index (κ1) is 22.1. The van der Waals surface area contributed by atoms with Crippen molar-refractivity contribution in [2.45, 2.75) is 45.0 Å². The third-order valence-electron chi connectivity index (χ3n) is 4.77. The summed E-state index contributed by atoms with van der Waals surface area (Å²) < 4.78 is 46.0. The predicted molar refractivity (Wildman–Crippen MR) is 108 cm³/mol. The van der Waals surface area contributed by atoms with Crippen molar-refractivity contribution in [1.82, 2.24) is 15.6 Å². The Morgan fingerprint density at radius 3 is 2.53 bits per heavy atom. The standard InChI is InChI=1S/C19H23F3N4O3S/c1-10(2)29-18(28)24-11-4-6-26(7-5-11)14-8-13(19(20,21)22)16-15(25-14)12(9-30-16)17(27)23-3/h8-11H,4-7H2,1-3H3,(H,23,27)(H,24,28). The van der Waals surface area contributed by atoms with Crippen LogP contribution in [0.3, 0.4) is 0 Å². The number of alkyl halides is 3. The molecular formula is C19H23F3N4O3S. The Hall–Kier alpha value is -2.56. The number of pyridine rings is 1. The Morgan fingerprint density at radius 1 is 1.30 bits per heavy atom. The average Bonchev–Trinajstić information content (AvgIpc) is 3.09. The molecule has 0 atom stereocenters. The Morgan fingerprint density at radius 2 is 1.97 bits per heavy atom. The zero-order chi connectivity index (χ0) is 22.1. The summed E-state index contributed by atoms with van der Waals surface area (Å²) in [5.74, 6) is -0.313. The second-order valence-corrected chi connectivity index (χ2v) is 8.17. The van der Waals surface area contributed by atoms with E-state index in [4.69, 9.17) is 4.74 Å². The van der Waals surface area contributed by atoms with Gasteiger partial charge in [0.05, 0.1) is 27.4 Å². The summed E-state index contributed by atoms with van der Waals surface area (Å²) in [5, 5.41) is 6.61. The lowest BCUT2D eigenvalue weighted by molar-refractivity contribution is -0.136. The van der Waals surface area contributed by atoms with Gasteiger partial charge in [0.2, 0.25) is 0 Å². The fourth-order valence-corrected chi connectivity index (χ4v) is 4.35. The van der Waals surface area contributed by atoms with Crippen molar-refractivity contribution in [3.63, 3.8) is 0 Å². The van der Waals surface area contributed by atoms with Gasteiger partial charge < -0.3 is 20.3 Å². The van der Waals surface area contributed by atoms with Gasteiger partial charge in [0.1, 0.15) is 5.82 Å². The van der Waals surface area contributed by atoms with Gasteiger partial charge in [-0.2, -0.15) is 13.2 Å². The molecule has 0 spiro atoms. The number of hydrogen-bond acceptors (Lipinski definition) is 6. The van der Waals surface area contributed by atoms with Gasteiger partial charge in [-0.3, -0.25) is 4.79 Å². The summed E-state index contributed by atoms with van der Waals surface area (Å²) in [5.41, 5.74) is -0.633. The van der Waals surface area contributed by atoms with E-state index in [1.54, 1.807) is 18.7 Å². The van der Waals surface area contributed by atoms with Gasteiger partial charge >= 0.3 is 12.3 Å². The number of hydrogen-bond donors (Lipinski definition) is 2. The summed E-state index contributed by atoms with van der Waals surface area (Å²) in [6, 6.07) is 0.911. The van der Waals surface area contributed by atoms with Crippen LogP contribution in [0.2, 0.25) is 0 Å². The minimum Gasteiger partial charge on any atom is -0.447 e. The second-order valence-electron chi connectivity index (χ2n) is 7.29. The van der Waals surface area contributed by atoms with Crippen LogP contribution in [0.5, 0.6) is 0 Å². The van der Waals surface area contributed by atoms with Crippen LogP contribution in [-0.2, 0) is 10.9 Å². The number of ether oxygens (including phenoxy) is 1. The maximum Gasteiger partial charge on any atom is 0.417 e. The van der Waals surface area contributed by atoms with Crippen LogP contribution in [0.4, 0.5) is 23.8 Å². The van der Waals surface area contributed by atoms with Crippen molar-refractivity contribution in [2.75, 3.05) is 25.0 Å². The maximum atomic E-state index is 13.7. The predicted octanol–water partition coefficient (Wildman–Crippen LogP) is 3.78. The van der Waals surface area contributed by atoms with E-state index in [9.17, 15) is 22.8 Å². The molecule has 2 aromatic rings. The van der Waals surface area contributed by atoms with Crippen molar-refractivity contribution < 1.29 is 27.5 Å². The third kappa shape index (κ3) is 4.77. The number of aromatic nitrogens is 1. The van der Waals surface area contributed by atoms with Gasteiger partial charge in [-0.1, -0.05) is 0 Å². The van der Waals surface area contributed by atoms with Crippen LogP contribution < -0.4 is 15.5 Å². The molecule has 11 heteroatoms. The number of thiophene rings is 1. The molecule has 1 fully saturated rings. The first-order valence-corrected chi connectivity index (χ1v) is 10.4. The molecule has 3 rings (SSSR count). The zero-order valence-corrected chi connectivity index (χ0v) is 17.6. The molecule has 0 unspecified atom stereocenters. The SMILES string of the molecule is CNC(=O)c1csc2c(C(F)(F)F)cc(N3CCC(NC(=O)OC(C)C)CC3)nc12. The maximum absolute atomic E-state index is 13.7. The van der Waals surface area contributed by atoms with Gasteiger partial charge in [0.15, 0.2) is 0 Å². The van der Waals surface area contributed by atoms with Crippen LogP contribution in [0.25, 0.3) is 10.2 Å². The molecule has 0 radical (unpaired) electrons. The molecule has 7 nitrogen and oxygen atoms in total. The van der Waals surface area contributed by atoms with Gasteiger partial charge in [0.25, 0.3) is 5.91 Å². The Bertz CT molecular complexity index is 937. The van der Waals surface area contributed by atoms with E-state index in [0.717, 1.165) is 17.4 Å². The highest BCUT2D eigenvalue weighted by Crippen LogP contribution is 2.40. The molecule has 0 aromatic carbocycles. The first-order chi connectivity index (χ1) is 14.1. The molecule has 164 valence electrons. The highest BCUT2D eigenvalue weighted by Gasteiger charge is 2.36. The number of anilines is 1. The molecule has 2 aromatic heterocycles. The quantitative estimate of drug-likeness (QED) is 0.750. The summed E-state index contributed by atoms with van der Waals surface area (Å²) in [4.78, 5) is 30.0. The molecule has 0 bridgehead atoms. The molecular weight excluding hydrogens is 421 g/mol. The van der Waals surface area contributed by atoms with E-state index in [0.29, 0.717) is 25.9 Å². The minimum atomic E-state index is -4.57. The van der Waals surface area contributed by atoms with Crippen molar-refractivity contribution in [1.29, 1.82) is 0 Å². The number of carbonyl (C=O) groups is 2. The number of rotatable bonds is 4. The summed E-state index contributed by atoms with van der Waals surface area (Å²) in [7, 11) is 1.42. The van der Waals surface area contributed by atoms with E-state index in [1.165, 1.54) is 12.4 Å². The van der Waals surface area contributed by atoms with Gasteiger partial charge in [0, 0.05) is 31.6 Å². The van der Waals surface area contributed by atoms with Crippen molar-refractivity contribution in [3.8, 4) is 0 Å². The van der Waals surface area contributed by atoms with E-state index in [2.05, 4.69) is 15.6 Å². The zero-order valence-electron chi connectivity index (χ0n) is 16.8. The first-order valence-electron chi connectivity index (χ1n) is 9.53. The van der Waals surface area contributed by atoms with Crippen molar-refractivity contribution >= 4 is 39.4 Å². The number of nitrogens with zero attached hydrogens (tertiary/aromatic N) is 2. The van der Waals surface area contributed by atoms with Crippen molar-refractivity contribution in [2.24, 2.45) is 0 Å². The van der Waals surface area contributed by atoms with Gasteiger partial charge in [-0.05, 0) is 32.8 Å². The molecule has 3 heterocycles. The highest BCUT2D eigenvalue weighted by molar-refractivity contribution is 7.17. The Kier molecular flexibility index (Phi) is 6.39. The van der Waals surface area contributed by atoms with E-state index >= 15 is 0 Å². The lowest BCUT2D eigenvalue weighted by Crippen LogP contribution is -2.45. The molecule has 0 aliphatic carbocycles. The number of nitrogens with one attached hydrogen (secondary N) is 2. The van der Waals surface area contributed by atoms with Gasteiger partial charge in [-0.25, -0.2) is 9.78 Å². The molecule has 0 saturated carbocycles. The summed E-state index contributed by atoms with van der Waals surface area (Å²) in [6.45, 7) is 4.34. The summed E-state index contributed by atoms with van der Waals surface area (Å²) >= 11 is 0.855. The fourth-order valence-electron chi connectivity index (χ4n) is 3.33. The van der Waals surface area contributed by atoms with Gasteiger partial charge in [-0.15, -0.1) is 11.3 Å². The lowest BCUT2D eigenvalue weighted by atomic mass is 10.0. The second kappa shape index (κ2) is 8.66. The lowest BCUT2D eigenvalue weighted by Gasteiger charge is -2.33. The number of halogens is 3. The van der Waals surface area contributed by atoms with Crippen LogP contribution in [-0.4, -0.2) is 49.3 Å². The smallest absolute Gasteiger partial charge is 0.417 e. The van der Waals surface area contributed by atoms with E-state index in [-0.39, 0.29) is 33.7 Å². The topological polar surface area (TPSA) is 83.6 Å². The number of piperidine rings is 1. The highest BCUT2D eigenvalue weighted by atomic mass is 32.1. The normalized spacial score (nSPS) is 15.5. The van der Waals surface area contributed by atoms with Crippen LogP contribution in [0.1, 0.15) is 42.6 Å². The molecule has 2 amide bonds. The summed E-state index contributed by atoms with van der Waals surface area (Å²) in [6.07, 6.45) is -4.22. The van der Waals surface area contributed by atoms with E-state index in [1.807, 2.05) is 0 Å². The number of carbonyl (C=O) groups excluding carboxylic acids is 2. The van der Waals surface area contributed by atoms with Crippen LogP contribution >= 0.6 is 11.3 Å². The van der Waals surface area contributed by atoms with Crippen LogP contribution in [0, 0.1) is 0 Å². The monoisotopic (exact) mass is 444 g/mol. The number of alkyl carbamates (subject to hydrolysis) is 1. The third-order valence-corrected chi connectivity index (χ3v) is 5.77. The van der Waals surface area contributed by atoms with Crippen LogP contribution in [0.15, 0.2) is 11.4 Å². The average molecular weight is 444 g/mol. The largest absolute Gasteiger partial charge is 0.447 e. The molecule has 2 N–H and O–H groups in total. The fraction of sp³-hybridized carbons (Fsp3) is 0.526. The molecule has 30 heavy (non-hydrogen) atoms. The number of amides is 2. The molecule has 1 aliphatic rings. The Balaban J connectivity index is 1.84. The Labute approximate surface area is 175 Å². The van der Waals surface area contributed by atoms with Crippen molar-refractivity contribution in [3.05, 3.63) is 22.6 Å².